The van der Waals surface area contributed by atoms with Crippen LogP contribution < -0.4 is 11.3 Å². The van der Waals surface area contributed by atoms with Crippen LogP contribution in [0.1, 0.15) is 25.8 Å². The second-order valence-electron chi connectivity index (χ2n) is 4.29. The highest BCUT2D eigenvalue weighted by Gasteiger charge is 2.38. The summed E-state index contributed by atoms with van der Waals surface area (Å²) in [6, 6.07) is 7.89. The molecule has 16 heavy (non-hydrogen) atoms. The molecule has 0 spiro atoms. The number of aliphatic imine (C=N–C) groups is 1. The Balaban J connectivity index is 2.42. The number of hydrogen-bond acceptors (Lipinski definition) is 3. The number of fused-ring (bicyclic) bond motifs is 1. The lowest BCUT2D eigenvalue weighted by Crippen LogP contribution is -2.38. The lowest BCUT2D eigenvalue weighted by atomic mass is 9.77. The fraction of sp³-hybridized carbons (Fsp3) is 0.333. The molecule has 1 heterocycles. The first-order chi connectivity index (χ1) is 7.58. The lowest BCUT2D eigenvalue weighted by molar-refractivity contribution is -0.121. The zero-order valence-electron chi connectivity index (χ0n) is 9.45. The molecule has 1 aliphatic rings. The van der Waals surface area contributed by atoms with Crippen molar-refractivity contribution in [3.8, 4) is 0 Å². The van der Waals surface area contributed by atoms with E-state index >= 15 is 0 Å². The number of para-hydroxylation sites is 1. The summed E-state index contributed by atoms with van der Waals surface area (Å²) in [6.45, 7) is 3.97. The number of carbonyl (C=O) groups excluding carboxylic acids is 1. The maximum Gasteiger partial charge on any atom is 0.235 e. The Morgan fingerprint density at radius 3 is 2.88 bits per heavy atom. The van der Waals surface area contributed by atoms with E-state index in [4.69, 9.17) is 5.84 Å². The molecule has 0 saturated carbocycles. The van der Waals surface area contributed by atoms with E-state index in [0.717, 1.165) is 17.0 Å². The monoisotopic (exact) mass is 217 g/mol. The summed E-state index contributed by atoms with van der Waals surface area (Å²) in [5.41, 5.74) is 4.84. The molecule has 1 amide bonds. The van der Waals surface area contributed by atoms with Crippen LogP contribution in [0.4, 0.5) is 5.69 Å². The molecule has 3 N–H and O–H groups in total. The van der Waals surface area contributed by atoms with Gasteiger partial charge in [-0.3, -0.25) is 15.2 Å². The molecular weight excluding hydrogens is 202 g/mol. The number of nitrogens with one attached hydrogen (secondary N) is 1. The molecule has 0 saturated heterocycles. The van der Waals surface area contributed by atoms with Crippen LogP contribution in [-0.4, -0.2) is 11.6 Å². The van der Waals surface area contributed by atoms with Crippen molar-refractivity contribution in [3.63, 3.8) is 0 Å². The molecule has 0 radical (unpaired) electrons. The largest absolute Gasteiger partial charge is 0.294 e. The average molecular weight is 217 g/mol. The summed E-state index contributed by atoms with van der Waals surface area (Å²) >= 11 is 0. The van der Waals surface area contributed by atoms with Crippen molar-refractivity contribution >= 4 is 17.3 Å². The number of benzene rings is 1. The zero-order valence-corrected chi connectivity index (χ0v) is 9.45. The van der Waals surface area contributed by atoms with Crippen molar-refractivity contribution in [2.24, 2.45) is 10.8 Å². The molecule has 0 fully saturated rings. The Kier molecular flexibility index (Phi) is 2.52. The summed E-state index contributed by atoms with van der Waals surface area (Å²) in [6.07, 6.45) is 0.329. The van der Waals surface area contributed by atoms with E-state index in [1.54, 1.807) is 0 Å². The Morgan fingerprint density at radius 2 is 2.19 bits per heavy atom. The van der Waals surface area contributed by atoms with E-state index in [-0.39, 0.29) is 11.3 Å². The standard InChI is InChI=1S/C12H15N3O/c1-8-12(2,7-11(16)15-13)9-5-3-4-6-10(9)14-8/h3-6H,7,13H2,1-2H3,(H,15,16). The molecule has 4 heteroatoms. The van der Waals surface area contributed by atoms with Crippen LogP contribution in [0, 0.1) is 0 Å². The third kappa shape index (κ3) is 1.51. The Morgan fingerprint density at radius 1 is 1.50 bits per heavy atom. The smallest absolute Gasteiger partial charge is 0.235 e. The van der Waals surface area contributed by atoms with Crippen molar-refractivity contribution in [3.05, 3.63) is 29.8 Å². The van der Waals surface area contributed by atoms with Gasteiger partial charge in [-0.15, -0.1) is 0 Å². The second-order valence-corrected chi connectivity index (χ2v) is 4.29. The molecule has 84 valence electrons. The van der Waals surface area contributed by atoms with E-state index in [0.29, 0.717) is 6.42 Å². The van der Waals surface area contributed by atoms with E-state index in [1.807, 2.05) is 38.1 Å². The quantitative estimate of drug-likeness (QED) is 0.447. The molecule has 0 bridgehead atoms. The first kappa shape index (κ1) is 10.8. The van der Waals surface area contributed by atoms with Crippen molar-refractivity contribution in [2.45, 2.75) is 25.7 Å². The third-order valence-corrected chi connectivity index (χ3v) is 3.26. The van der Waals surface area contributed by atoms with E-state index in [9.17, 15) is 4.79 Å². The molecule has 1 aliphatic heterocycles. The van der Waals surface area contributed by atoms with Crippen molar-refractivity contribution in [1.29, 1.82) is 0 Å². The van der Waals surface area contributed by atoms with Crippen LogP contribution in [0.2, 0.25) is 0 Å². The highest BCUT2D eigenvalue weighted by Crippen LogP contribution is 2.41. The normalized spacial score (nSPS) is 22.6. The van der Waals surface area contributed by atoms with Gasteiger partial charge in [0.2, 0.25) is 5.91 Å². The van der Waals surface area contributed by atoms with Gasteiger partial charge < -0.3 is 0 Å². The maximum absolute atomic E-state index is 11.4. The van der Waals surface area contributed by atoms with Gasteiger partial charge in [-0.2, -0.15) is 0 Å². The first-order valence-electron chi connectivity index (χ1n) is 5.22. The maximum atomic E-state index is 11.4. The fourth-order valence-corrected chi connectivity index (χ4v) is 2.13. The number of nitrogens with two attached hydrogens (primary N) is 1. The minimum absolute atomic E-state index is 0.172. The van der Waals surface area contributed by atoms with Crippen LogP contribution in [-0.2, 0) is 10.2 Å². The molecule has 1 unspecified atom stereocenters. The Labute approximate surface area is 94.5 Å². The van der Waals surface area contributed by atoms with Crippen LogP contribution in [0.3, 0.4) is 0 Å². The van der Waals surface area contributed by atoms with E-state index in [1.165, 1.54) is 0 Å². The molecule has 1 atom stereocenters. The Hall–Kier alpha value is -1.68. The van der Waals surface area contributed by atoms with Crippen molar-refractivity contribution in [2.75, 3.05) is 0 Å². The predicted octanol–water partition coefficient (Wildman–Crippen LogP) is 1.43. The summed E-state index contributed by atoms with van der Waals surface area (Å²) in [7, 11) is 0. The van der Waals surface area contributed by atoms with Gasteiger partial charge in [-0.1, -0.05) is 18.2 Å². The molecular formula is C12H15N3O. The first-order valence-corrected chi connectivity index (χ1v) is 5.22. The van der Waals surface area contributed by atoms with Crippen LogP contribution in [0.5, 0.6) is 0 Å². The number of nitrogens with zero attached hydrogens (tertiary/aromatic N) is 1. The minimum Gasteiger partial charge on any atom is -0.294 e. The third-order valence-electron chi connectivity index (χ3n) is 3.26. The highest BCUT2D eigenvalue weighted by atomic mass is 16.2. The predicted molar refractivity (Wildman–Crippen MR) is 63.5 cm³/mol. The van der Waals surface area contributed by atoms with Gasteiger partial charge in [-0.25, -0.2) is 5.84 Å². The van der Waals surface area contributed by atoms with E-state index in [2.05, 4.69) is 10.4 Å². The zero-order chi connectivity index (χ0) is 11.8. The molecule has 1 aromatic carbocycles. The van der Waals surface area contributed by atoms with E-state index < -0.39 is 0 Å². The summed E-state index contributed by atoms with van der Waals surface area (Å²) in [5.74, 6) is 4.96. The van der Waals surface area contributed by atoms with Gasteiger partial charge in [0.1, 0.15) is 0 Å². The highest BCUT2D eigenvalue weighted by molar-refractivity contribution is 6.02. The molecule has 1 aromatic rings. The van der Waals surface area contributed by atoms with Crippen LogP contribution >= 0.6 is 0 Å². The van der Waals surface area contributed by atoms with Gasteiger partial charge >= 0.3 is 0 Å². The number of amides is 1. The van der Waals surface area contributed by atoms with Crippen LogP contribution in [0.15, 0.2) is 29.3 Å². The van der Waals surface area contributed by atoms with Gasteiger partial charge in [0.05, 0.1) is 5.69 Å². The topological polar surface area (TPSA) is 67.5 Å². The summed E-state index contributed by atoms with van der Waals surface area (Å²) in [4.78, 5) is 15.9. The number of carbonyl (C=O) groups is 1. The summed E-state index contributed by atoms with van der Waals surface area (Å²) in [5, 5.41) is 0. The number of hydrogen-bond donors (Lipinski definition) is 2. The molecule has 2 rings (SSSR count). The lowest BCUT2D eigenvalue weighted by Gasteiger charge is -2.24. The minimum atomic E-state index is -0.333. The SMILES string of the molecule is CC1=Nc2ccccc2C1(C)CC(=O)NN. The van der Waals surface area contributed by atoms with Gasteiger partial charge in [0.25, 0.3) is 0 Å². The molecule has 0 aliphatic carbocycles. The number of rotatable bonds is 2. The van der Waals surface area contributed by atoms with Gasteiger partial charge in [0.15, 0.2) is 0 Å². The van der Waals surface area contributed by atoms with Crippen LogP contribution in [0.25, 0.3) is 0 Å². The van der Waals surface area contributed by atoms with Crippen molar-refractivity contribution in [1.82, 2.24) is 5.43 Å². The van der Waals surface area contributed by atoms with Gasteiger partial charge in [-0.05, 0) is 25.5 Å². The number of hydrazine groups is 1. The average Bonchev–Trinajstić information content (AvgIpc) is 2.52. The van der Waals surface area contributed by atoms with Gasteiger partial charge in [0, 0.05) is 17.5 Å². The second kappa shape index (κ2) is 3.72. The van der Waals surface area contributed by atoms with Crippen molar-refractivity contribution < 1.29 is 4.79 Å². The molecule has 0 aromatic heterocycles. The Bertz CT molecular complexity index is 467. The fourth-order valence-electron chi connectivity index (χ4n) is 2.13. The summed E-state index contributed by atoms with van der Waals surface area (Å²) < 4.78 is 0. The molecule has 4 nitrogen and oxygen atoms in total.